The normalized spacial score (nSPS) is 15.5. The quantitative estimate of drug-likeness (QED) is 0.510. The van der Waals surface area contributed by atoms with Crippen LogP contribution in [0.15, 0.2) is 29.8 Å². The van der Waals surface area contributed by atoms with Crippen LogP contribution < -0.4 is 10.6 Å². The smallest absolute Gasteiger partial charge is 0.381 e. The van der Waals surface area contributed by atoms with Gasteiger partial charge >= 0.3 is 6.18 Å². The van der Waals surface area contributed by atoms with E-state index in [9.17, 15) is 23.3 Å². The molecule has 1 aliphatic rings. The van der Waals surface area contributed by atoms with E-state index in [4.69, 9.17) is 0 Å². The standard InChI is InChI=1S/C13H14F3N3O2/c14-13(15,16)11-7-10(19(20)21)1-2-12(11)18-8-9-3-5-17-6-4-9/h1-3,7,17-18H,4-6,8H2. The zero-order chi connectivity index (χ0) is 15.5. The molecule has 0 saturated heterocycles. The van der Waals surface area contributed by atoms with Crippen molar-refractivity contribution in [1.82, 2.24) is 5.32 Å². The Hall–Kier alpha value is -2.09. The van der Waals surface area contributed by atoms with Crippen LogP contribution in [0.25, 0.3) is 0 Å². The van der Waals surface area contributed by atoms with Gasteiger partial charge in [0.2, 0.25) is 0 Å². The molecule has 0 aromatic heterocycles. The van der Waals surface area contributed by atoms with Crippen molar-refractivity contribution in [3.63, 3.8) is 0 Å². The molecule has 8 heteroatoms. The van der Waals surface area contributed by atoms with Crippen LogP contribution in [0, 0.1) is 10.1 Å². The van der Waals surface area contributed by atoms with Crippen molar-refractivity contribution in [3.8, 4) is 0 Å². The highest BCUT2D eigenvalue weighted by Crippen LogP contribution is 2.37. The summed E-state index contributed by atoms with van der Waals surface area (Å²) in [5.74, 6) is 0. The molecule has 0 saturated carbocycles. The van der Waals surface area contributed by atoms with Crippen molar-refractivity contribution in [2.75, 3.05) is 25.0 Å². The van der Waals surface area contributed by atoms with Gasteiger partial charge in [0.05, 0.1) is 10.5 Å². The second kappa shape index (κ2) is 6.13. The van der Waals surface area contributed by atoms with Crippen LogP contribution >= 0.6 is 0 Å². The molecule has 0 fully saturated rings. The summed E-state index contributed by atoms with van der Waals surface area (Å²) in [5.41, 5.74) is -0.729. The molecule has 1 aliphatic heterocycles. The van der Waals surface area contributed by atoms with E-state index in [1.165, 1.54) is 0 Å². The van der Waals surface area contributed by atoms with Crippen LogP contribution in [0.1, 0.15) is 12.0 Å². The second-order valence-corrected chi connectivity index (χ2v) is 4.65. The molecule has 2 rings (SSSR count). The molecule has 0 radical (unpaired) electrons. The largest absolute Gasteiger partial charge is 0.418 e. The second-order valence-electron chi connectivity index (χ2n) is 4.65. The summed E-state index contributed by atoms with van der Waals surface area (Å²) in [7, 11) is 0. The first kappa shape index (κ1) is 15.3. The van der Waals surface area contributed by atoms with Crippen LogP contribution in [-0.4, -0.2) is 24.6 Å². The Morgan fingerprint density at radius 2 is 2.14 bits per heavy atom. The Kier molecular flexibility index (Phi) is 4.46. The van der Waals surface area contributed by atoms with Crippen molar-refractivity contribution in [3.05, 3.63) is 45.5 Å². The van der Waals surface area contributed by atoms with Gasteiger partial charge in [0.25, 0.3) is 5.69 Å². The molecule has 0 aliphatic carbocycles. The number of benzene rings is 1. The first-order valence-corrected chi connectivity index (χ1v) is 6.36. The van der Waals surface area contributed by atoms with E-state index < -0.39 is 22.4 Å². The number of anilines is 1. The van der Waals surface area contributed by atoms with Gasteiger partial charge in [-0.2, -0.15) is 13.2 Å². The lowest BCUT2D eigenvalue weighted by molar-refractivity contribution is -0.385. The van der Waals surface area contributed by atoms with Gasteiger partial charge in [-0.1, -0.05) is 11.6 Å². The van der Waals surface area contributed by atoms with Gasteiger partial charge in [0.15, 0.2) is 0 Å². The summed E-state index contributed by atoms with van der Waals surface area (Å²) < 4.78 is 38.9. The third kappa shape index (κ3) is 3.94. The SMILES string of the molecule is O=[N+]([O-])c1ccc(NCC2=CCNCC2)c(C(F)(F)F)c1. The van der Waals surface area contributed by atoms with E-state index in [0.29, 0.717) is 19.2 Å². The zero-order valence-corrected chi connectivity index (χ0v) is 11.0. The number of rotatable bonds is 4. The third-order valence-corrected chi connectivity index (χ3v) is 3.18. The van der Waals surface area contributed by atoms with Crippen LogP contribution in [0.5, 0.6) is 0 Å². The Bertz CT molecular complexity index is 570. The number of nitrogens with zero attached hydrogens (tertiary/aromatic N) is 1. The molecule has 0 spiro atoms. The van der Waals surface area contributed by atoms with E-state index in [-0.39, 0.29) is 5.69 Å². The number of alkyl halides is 3. The molecular weight excluding hydrogens is 287 g/mol. The molecule has 0 unspecified atom stereocenters. The molecule has 0 atom stereocenters. The fraction of sp³-hybridized carbons (Fsp3) is 0.385. The number of hydrogen-bond donors (Lipinski definition) is 2. The first-order chi connectivity index (χ1) is 9.88. The first-order valence-electron chi connectivity index (χ1n) is 6.36. The Morgan fingerprint density at radius 1 is 1.38 bits per heavy atom. The predicted molar refractivity (Wildman–Crippen MR) is 72.2 cm³/mol. The number of non-ortho nitro benzene ring substituents is 1. The van der Waals surface area contributed by atoms with Gasteiger partial charge in [0, 0.05) is 30.9 Å². The minimum Gasteiger partial charge on any atom is -0.381 e. The monoisotopic (exact) mass is 301 g/mol. The van der Waals surface area contributed by atoms with Crippen molar-refractivity contribution < 1.29 is 18.1 Å². The molecule has 1 aromatic rings. The highest BCUT2D eigenvalue weighted by Gasteiger charge is 2.35. The molecule has 1 aromatic carbocycles. The fourth-order valence-electron chi connectivity index (χ4n) is 2.07. The maximum Gasteiger partial charge on any atom is 0.418 e. The molecule has 114 valence electrons. The predicted octanol–water partition coefficient (Wildman–Crippen LogP) is 2.95. The summed E-state index contributed by atoms with van der Waals surface area (Å²) in [5, 5.41) is 16.4. The van der Waals surface area contributed by atoms with Crippen molar-refractivity contribution in [2.24, 2.45) is 0 Å². The highest BCUT2D eigenvalue weighted by atomic mass is 19.4. The van der Waals surface area contributed by atoms with Crippen LogP contribution in [0.2, 0.25) is 0 Å². The van der Waals surface area contributed by atoms with Gasteiger partial charge in [0.1, 0.15) is 0 Å². The molecule has 21 heavy (non-hydrogen) atoms. The average molecular weight is 301 g/mol. The van der Waals surface area contributed by atoms with Gasteiger partial charge in [-0.25, -0.2) is 0 Å². The van der Waals surface area contributed by atoms with Crippen LogP contribution in [-0.2, 0) is 6.18 Å². The van der Waals surface area contributed by atoms with E-state index in [1.54, 1.807) is 0 Å². The van der Waals surface area contributed by atoms with Gasteiger partial charge in [-0.15, -0.1) is 0 Å². The summed E-state index contributed by atoms with van der Waals surface area (Å²) in [4.78, 5) is 9.76. The molecular formula is C13H14F3N3O2. The maximum absolute atomic E-state index is 13.0. The maximum atomic E-state index is 13.0. The Morgan fingerprint density at radius 3 is 2.71 bits per heavy atom. The van der Waals surface area contributed by atoms with E-state index in [1.807, 2.05) is 6.08 Å². The van der Waals surface area contributed by atoms with Crippen LogP contribution in [0.3, 0.4) is 0 Å². The summed E-state index contributed by atoms with van der Waals surface area (Å²) >= 11 is 0. The summed E-state index contributed by atoms with van der Waals surface area (Å²) in [6.45, 7) is 1.78. The van der Waals surface area contributed by atoms with Crippen molar-refractivity contribution in [2.45, 2.75) is 12.6 Å². The zero-order valence-electron chi connectivity index (χ0n) is 11.0. The average Bonchev–Trinajstić information content (AvgIpc) is 2.45. The number of hydrogen-bond acceptors (Lipinski definition) is 4. The molecule has 1 heterocycles. The Labute approximate surface area is 119 Å². The number of halogens is 3. The number of nitro benzene ring substituents is 1. The van der Waals surface area contributed by atoms with E-state index >= 15 is 0 Å². The van der Waals surface area contributed by atoms with Crippen LogP contribution in [0.4, 0.5) is 24.5 Å². The lowest BCUT2D eigenvalue weighted by Gasteiger charge is -2.18. The van der Waals surface area contributed by atoms with Crippen molar-refractivity contribution >= 4 is 11.4 Å². The lowest BCUT2D eigenvalue weighted by atomic mass is 10.1. The van der Waals surface area contributed by atoms with Gasteiger partial charge < -0.3 is 10.6 Å². The minimum absolute atomic E-state index is 0.146. The van der Waals surface area contributed by atoms with Gasteiger partial charge in [-0.3, -0.25) is 10.1 Å². The van der Waals surface area contributed by atoms with Crippen molar-refractivity contribution in [1.29, 1.82) is 0 Å². The summed E-state index contributed by atoms with van der Waals surface area (Å²) in [6.07, 6.45) is -1.95. The Balaban J connectivity index is 2.21. The number of nitrogens with one attached hydrogen (secondary N) is 2. The van der Waals surface area contributed by atoms with Gasteiger partial charge in [-0.05, 0) is 19.0 Å². The third-order valence-electron chi connectivity index (χ3n) is 3.18. The minimum atomic E-state index is -4.64. The number of nitro groups is 1. The topological polar surface area (TPSA) is 67.2 Å². The highest BCUT2D eigenvalue weighted by molar-refractivity contribution is 5.58. The fourth-order valence-corrected chi connectivity index (χ4v) is 2.07. The molecule has 0 amide bonds. The van der Waals surface area contributed by atoms with E-state index in [2.05, 4.69) is 10.6 Å². The molecule has 0 bridgehead atoms. The lowest BCUT2D eigenvalue weighted by Crippen LogP contribution is -2.23. The summed E-state index contributed by atoms with van der Waals surface area (Å²) in [6, 6.07) is 2.72. The molecule has 5 nitrogen and oxygen atoms in total. The molecule has 2 N–H and O–H groups in total. The van der Waals surface area contributed by atoms with E-state index in [0.717, 1.165) is 30.7 Å².